The summed E-state index contributed by atoms with van der Waals surface area (Å²) in [6, 6.07) is 10.7. The van der Waals surface area contributed by atoms with Crippen LogP contribution in [0.5, 0.6) is 5.75 Å². The first-order valence-electron chi connectivity index (χ1n) is 7.76. The molecule has 2 rings (SSSR count). The van der Waals surface area contributed by atoms with Gasteiger partial charge in [-0.3, -0.25) is 0 Å². The number of benzene rings is 2. The summed E-state index contributed by atoms with van der Waals surface area (Å²) in [5.41, 5.74) is 6.86. The molecule has 0 saturated carbocycles. The van der Waals surface area contributed by atoms with Crippen LogP contribution in [-0.2, 0) is 0 Å². The Balaban J connectivity index is 2.83. The molecule has 112 valence electrons. The van der Waals surface area contributed by atoms with Gasteiger partial charge in [-0.1, -0.05) is 63.6 Å². The van der Waals surface area contributed by atoms with Gasteiger partial charge in [0.2, 0.25) is 0 Å². The van der Waals surface area contributed by atoms with Crippen molar-refractivity contribution in [1.82, 2.24) is 0 Å². The van der Waals surface area contributed by atoms with Crippen LogP contribution >= 0.6 is 0 Å². The molecule has 1 N–H and O–H groups in total. The number of hydrogen-bond donors (Lipinski definition) is 1. The van der Waals surface area contributed by atoms with Crippen molar-refractivity contribution in [2.24, 2.45) is 0 Å². The van der Waals surface area contributed by atoms with Gasteiger partial charge in [0.05, 0.1) is 0 Å². The van der Waals surface area contributed by atoms with Gasteiger partial charge in [-0.15, -0.1) is 0 Å². The van der Waals surface area contributed by atoms with Crippen LogP contribution in [0.2, 0.25) is 0 Å². The molecule has 1 nitrogen and oxygen atoms in total. The molecular weight excluding hydrogens is 256 g/mol. The average molecular weight is 282 g/mol. The summed E-state index contributed by atoms with van der Waals surface area (Å²) in [5, 5.41) is 10.7. The molecule has 0 unspecified atom stereocenters. The van der Waals surface area contributed by atoms with Gasteiger partial charge in [-0.05, 0) is 47.9 Å². The smallest absolute Gasteiger partial charge is 0.126 e. The topological polar surface area (TPSA) is 20.2 Å². The Bertz CT molecular complexity index is 651. The zero-order chi connectivity index (χ0) is 15.7. The summed E-state index contributed by atoms with van der Waals surface area (Å²) in [7, 11) is 0. The van der Waals surface area contributed by atoms with E-state index >= 15 is 0 Å². The lowest BCUT2D eigenvalue weighted by Crippen LogP contribution is -1.99. The van der Waals surface area contributed by atoms with Crippen LogP contribution in [0.4, 0.5) is 0 Å². The molecule has 0 radical (unpaired) electrons. The summed E-state index contributed by atoms with van der Waals surface area (Å²) in [5.74, 6) is 1.24. The zero-order valence-electron chi connectivity index (χ0n) is 14.0. The van der Waals surface area contributed by atoms with E-state index in [4.69, 9.17) is 0 Å². The first-order chi connectivity index (χ1) is 9.82. The Morgan fingerprint density at radius 1 is 0.810 bits per heavy atom. The van der Waals surface area contributed by atoms with Crippen molar-refractivity contribution in [2.75, 3.05) is 0 Å². The normalized spacial score (nSPS) is 11.4. The third-order valence-electron chi connectivity index (χ3n) is 4.13. The lowest BCUT2D eigenvalue weighted by molar-refractivity contribution is 0.472. The Kier molecular flexibility index (Phi) is 4.41. The van der Waals surface area contributed by atoms with Crippen molar-refractivity contribution >= 4 is 0 Å². The zero-order valence-corrected chi connectivity index (χ0v) is 14.0. The molecule has 0 spiro atoms. The standard InChI is InChI=1S/C20H26O/c1-12(2)16-9-7-14(5)11-18(16)19-17(13(3)4)10-8-15(6)20(19)21/h7-13,21H,1-6H3. The van der Waals surface area contributed by atoms with Crippen molar-refractivity contribution in [2.45, 2.75) is 53.4 Å². The minimum atomic E-state index is 0.382. The molecule has 0 fully saturated rings. The molecule has 0 atom stereocenters. The number of phenols is 1. The number of hydrogen-bond acceptors (Lipinski definition) is 1. The highest BCUT2D eigenvalue weighted by molar-refractivity contribution is 5.79. The Hall–Kier alpha value is -1.76. The summed E-state index contributed by atoms with van der Waals surface area (Å²) in [4.78, 5) is 0. The van der Waals surface area contributed by atoms with E-state index in [1.807, 2.05) is 13.0 Å². The van der Waals surface area contributed by atoms with Gasteiger partial charge in [0.15, 0.2) is 0 Å². The molecule has 0 saturated heterocycles. The lowest BCUT2D eigenvalue weighted by atomic mass is 9.85. The third-order valence-corrected chi connectivity index (χ3v) is 4.13. The molecule has 0 aromatic heterocycles. The molecule has 21 heavy (non-hydrogen) atoms. The van der Waals surface area contributed by atoms with E-state index in [-0.39, 0.29) is 0 Å². The average Bonchev–Trinajstić information content (AvgIpc) is 2.40. The fraction of sp³-hybridized carbons (Fsp3) is 0.400. The maximum atomic E-state index is 10.7. The molecule has 0 aliphatic heterocycles. The SMILES string of the molecule is Cc1ccc(C(C)C)c(-c2c(C(C)C)ccc(C)c2O)c1. The minimum Gasteiger partial charge on any atom is -0.507 e. The van der Waals surface area contributed by atoms with Gasteiger partial charge >= 0.3 is 0 Å². The van der Waals surface area contributed by atoms with Crippen LogP contribution < -0.4 is 0 Å². The quantitative estimate of drug-likeness (QED) is 0.740. The van der Waals surface area contributed by atoms with Crippen LogP contribution in [-0.4, -0.2) is 5.11 Å². The van der Waals surface area contributed by atoms with E-state index < -0.39 is 0 Å². The van der Waals surface area contributed by atoms with Gasteiger partial charge in [-0.25, -0.2) is 0 Å². The van der Waals surface area contributed by atoms with E-state index in [9.17, 15) is 5.11 Å². The van der Waals surface area contributed by atoms with Crippen molar-refractivity contribution in [3.05, 3.63) is 52.6 Å². The van der Waals surface area contributed by atoms with Crippen LogP contribution in [0.1, 0.15) is 61.8 Å². The number of rotatable bonds is 3. The monoisotopic (exact) mass is 282 g/mol. The van der Waals surface area contributed by atoms with Crippen LogP contribution in [0.15, 0.2) is 30.3 Å². The summed E-state index contributed by atoms with van der Waals surface area (Å²) in [6.45, 7) is 12.8. The highest BCUT2D eigenvalue weighted by atomic mass is 16.3. The Morgan fingerprint density at radius 2 is 1.38 bits per heavy atom. The van der Waals surface area contributed by atoms with Gasteiger partial charge in [-0.2, -0.15) is 0 Å². The molecule has 2 aromatic carbocycles. The van der Waals surface area contributed by atoms with Gasteiger partial charge in [0.25, 0.3) is 0 Å². The third kappa shape index (κ3) is 2.97. The van der Waals surface area contributed by atoms with Crippen LogP contribution in [0.3, 0.4) is 0 Å². The molecule has 1 heteroatoms. The van der Waals surface area contributed by atoms with E-state index in [1.165, 1.54) is 22.3 Å². The Labute approximate surface area is 128 Å². The van der Waals surface area contributed by atoms with Crippen molar-refractivity contribution < 1.29 is 5.11 Å². The van der Waals surface area contributed by atoms with Crippen LogP contribution in [0, 0.1) is 13.8 Å². The second-order valence-corrected chi connectivity index (χ2v) is 6.60. The molecule has 0 heterocycles. The largest absolute Gasteiger partial charge is 0.507 e. The fourth-order valence-electron chi connectivity index (χ4n) is 2.87. The summed E-state index contributed by atoms with van der Waals surface area (Å²) < 4.78 is 0. The van der Waals surface area contributed by atoms with E-state index in [1.54, 1.807) is 0 Å². The highest BCUT2D eigenvalue weighted by Gasteiger charge is 2.19. The van der Waals surface area contributed by atoms with Gasteiger partial charge in [0, 0.05) is 5.56 Å². The van der Waals surface area contributed by atoms with E-state index in [0.29, 0.717) is 17.6 Å². The molecule has 0 amide bonds. The number of phenolic OH excluding ortho intramolecular Hbond substituents is 1. The van der Waals surface area contributed by atoms with Gasteiger partial charge < -0.3 is 5.11 Å². The van der Waals surface area contributed by atoms with E-state index in [2.05, 4.69) is 58.9 Å². The molecule has 2 aromatic rings. The second kappa shape index (κ2) is 5.93. The Morgan fingerprint density at radius 3 is 1.95 bits per heavy atom. The molecule has 0 aliphatic rings. The molecular formula is C20H26O. The van der Waals surface area contributed by atoms with Gasteiger partial charge in [0.1, 0.15) is 5.75 Å². The first-order valence-corrected chi connectivity index (χ1v) is 7.76. The summed E-state index contributed by atoms with van der Waals surface area (Å²) >= 11 is 0. The highest BCUT2D eigenvalue weighted by Crippen LogP contribution is 2.42. The number of aryl methyl sites for hydroxylation is 2. The molecule has 0 bridgehead atoms. The maximum Gasteiger partial charge on any atom is 0.126 e. The van der Waals surface area contributed by atoms with Crippen molar-refractivity contribution in [1.29, 1.82) is 0 Å². The predicted octanol–water partition coefficient (Wildman–Crippen LogP) is 5.92. The predicted molar refractivity (Wildman–Crippen MR) is 91.2 cm³/mol. The lowest BCUT2D eigenvalue weighted by Gasteiger charge is -2.21. The van der Waals surface area contributed by atoms with Crippen molar-refractivity contribution in [3.8, 4) is 16.9 Å². The second-order valence-electron chi connectivity index (χ2n) is 6.60. The molecule has 0 aliphatic carbocycles. The first kappa shape index (κ1) is 15.6. The number of aromatic hydroxyl groups is 1. The maximum absolute atomic E-state index is 10.7. The van der Waals surface area contributed by atoms with Crippen molar-refractivity contribution in [3.63, 3.8) is 0 Å². The van der Waals surface area contributed by atoms with Crippen LogP contribution in [0.25, 0.3) is 11.1 Å². The fourth-order valence-corrected chi connectivity index (χ4v) is 2.87. The summed E-state index contributed by atoms with van der Waals surface area (Å²) in [6.07, 6.45) is 0. The van der Waals surface area contributed by atoms with E-state index in [0.717, 1.165) is 11.1 Å². The minimum absolute atomic E-state index is 0.382.